The van der Waals surface area contributed by atoms with Crippen molar-refractivity contribution < 1.29 is 9.47 Å². The molecule has 0 amide bonds. The molecular formula is C18H38N4O2S. The van der Waals surface area contributed by atoms with Crippen LogP contribution in [0.2, 0.25) is 0 Å². The van der Waals surface area contributed by atoms with Crippen LogP contribution in [0.4, 0.5) is 0 Å². The zero-order chi connectivity index (χ0) is 17.7. The second-order valence-corrected chi connectivity index (χ2v) is 8.35. The average Bonchev–Trinajstić information content (AvgIpc) is 2.59. The minimum atomic E-state index is 0.827. The van der Waals surface area contributed by atoms with Gasteiger partial charge in [0.25, 0.3) is 0 Å². The molecule has 3 aliphatic rings. The molecule has 0 saturated carbocycles. The summed E-state index contributed by atoms with van der Waals surface area (Å²) in [4.78, 5) is 9.88. The second-order valence-electron chi connectivity index (χ2n) is 7.13. The SMILES string of the molecule is CN1CCSCCN(C)CCN2CCOCCN(CCOCC2)CC1. The Balaban J connectivity index is 1.90. The van der Waals surface area contributed by atoms with Crippen LogP contribution in [-0.4, -0.2) is 137 Å². The number of nitrogens with zero attached hydrogens (tertiary/aromatic N) is 4. The summed E-state index contributed by atoms with van der Waals surface area (Å²) in [6.45, 7) is 14.1. The number of ether oxygens (including phenoxy) is 2. The topological polar surface area (TPSA) is 31.4 Å². The van der Waals surface area contributed by atoms with Crippen molar-refractivity contribution in [3.8, 4) is 0 Å². The minimum absolute atomic E-state index is 0.827. The normalized spacial score (nSPS) is 31.4. The average molecular weight is 375 g/mol. The van der Waals surface area contributed by atoms with Crippen LogP contribution in [0, 0.1) is 0 Å². The highest BCUT2D eigenvalue weighted by molar-refractivity contribution is 7.99. The van der Waals surface area contributed by atoms with E-state index in [9.17, 15) is 0 Å². The summed E-state index contributed by atoms with van der Waals surface area (Å²) in [6.07, 6.45) is 0. The maximum atomic E-state index is 5.91. The first-order valence-corrected chi connectivity index (χ1v) is 10.9. The lowest BCUT2D eigenvalue weighted by Gasteiger charge is -2.29. The summed E-state index contributed by atoms with van der Waals surface area (Å²) in [5.74, 6) is 2.45. The number of fused-ring (bicyclic) bond motifs is 18. The lowest BCUT2D eigenvalue weighted by atomic mass is 10.4. The van der Waals surface area contributed by atoms with Gasteiger partial charge >= 0.3 is 0 Å². The molecule has 7 heteroatoms. The fraction of sp³-hybridized carbons (Fsp3) is 1.00. The van der Waals surface area contributed by atoms with E-state index in [0.29, 0.717) is 0 Å². The molecule has 0 aliphatic carbocycles. The number of rotatable bonds is 0. The lowest BCUT2D eigenvalue weighted by Crippen LogP contribution is -2.41. The van der Waals surface area contributed by atoms with Gasteiger partial charge in [0.05, 0.1) is 26.4 Å². The zero-order valence-corrected chi connectivity index (χ0v) is 17.1. The predicted octanol–water partition coefficient (Wildman–Crippen LogP) is 0.248. The van der Waals surface area contributed by atoms with Crippen LogP contribution in [0.3, 0.4) is 0 Å². The van der Waals surface area contributed by atoms with E-state index in [0.717, 1.165) is 78.8 Å². The number of hydrogen-bond donors (Lipinski definition) is 0. The monoisotopic (exact) mass is 374 g/mol. The Labute approximate surface area is 158 Å². The molecule has 25 heavy (non-hydrogen) atoms. The van der Waals surface area contributed by atoms with Crippen molar-refractivity contribution in [3.05, 3.63) is 0 Å². The molecule has 0 radical (unpaired) electrons. The van der Waals surface area contributed by atoms with Crippen LogP contribution < -0.4 is 0 Å². The molecule has 148 valence electrons. The maximum Gasteiger partial charge on any atom is 0.0594 e. The first-order chi connectivity index (χ1) is 12.2. The lowest BCUT2D eigenvalue weighted by molar-refractivity contribution is 0.0347. The van der Waals surface area contributed by atoms with Crippen molar-refractivity contribution in [1.82, 2.24) is 19.6 Å². The van der Waals surface area contributed by atoms with Crippen molar-refractivity contribution in [3.63, 3.8) is 0 Å². The Bertz CT molecular complexity index is 296. The molecule has 0 aromatic heterocycles. The van der Waals surface area contributed by atoms with Crippen molar-refractivity contribution in [2.45, 2.75) is 0 Å². The van der Waals surface area contributed by atoms with E-state index in [-0.39, 0.29) is 0 Å². The molecule has 6 nitrogen and oxygen atoms in total. The summed E-state index contributed by atoms with van der Waals surface area (Å²) in [7, 11) is 4.48. The zero-order valence-electron chi connectivity index (χ0n) is 16.3. The van der Waals surface area contributed by atoms with Crippen molar-refractivity contribution >= 4 is 11.8 Å². The molecule has 0 aromatic carbocycles. The molecule has 3 heterocycles. The molecule has 3 rings (SSSR count). The van der Waals surface area contributed by atoms with E-state index < -0.39 is 0 Å². The standard InChI is InChI=1S/C18H38N4O2S/c1-19-3-5-21-7-13-23-15-9-22(10-16-24-14-8-21)6-4-20(2)12-18-25-17-11-19/h3-18H2,1-2H3. The molecule has 0 aromatic rings. The fourth-order valence-electron chi connectivity index (χ4n) is 3.04. The second kappa shape index (κ2) is 13.3. The van der Waals surface area contributed by atoms with Gasteiger partial charge in [-0.15, -0.1) is 0 Å². The highest BCUT2D eigenvalue weighted by Crippen LogP contribution is 2.03. The Morgan fingerprint density at radius 2 is 0.920 bits per heavy atom. The summed E-state index contributed by atoms with van der Waals surface area (Å²) in [5.41, 5.74) is 0. The Hall–Kier alpha value is 0.110. The van der Waals surface area contributed by atoms with Crippen molar-refractivity contribution in [2.24, 2.45) is 0 Å². The third-order valence-electron chi connectivity index (χ3n) is 5.04. The number of thioether (sulfide) groups is 1. The number of likely N-dealkylation sites (N-methyl/N-ethyl adjacent to an activating group) is 2. The Morgan fingerprint density at radius 1 is 0.520 bits per heavy atom. The van der Waals surface area contributed by atoms with E-state index in [1.165, 1.54) is 24.6 Å². The minimum Gasteiger partial charge on any atom is -0.379 e. The molecule has 3 saturated heterocycles. The molecule has 3 aliphatic heterocycles. The molecule has 0 atom stereocenters. The van der Waals surface area contributed by atoms with Crippen LogP contribution in [-0.2, 0) is 9.47 Å². The van der Waals surface area contributed by atoms with E-state index >= 15 is 0 Å². The summed E-state index contributed by atoms with van der Waals surface area (Å²) < 4.78 is 11.8. The van der Waals surface area contributed by atoms with E-state index in [1.54, 1.807) is 0 Å². The van der Waals surface area contributed by atoms with Crippen molar-refractivity contribution in [2.75, 3.05) is 117 Å². The van der Waals surface area contributed by atoms with Gasteiger partial charge in [-0.2, -0.15) is 11.8 Å². The third kappa shape index (κ3) is 10.1. The first-order valence-electron chi connectivity index (χ1n) is 9.79. The van der Waals surface area contributed by atoms with E-state index in [2.05, 4.69) is 45.5 Å². The number of hydrogen-bond acceptors (Lipinski definition) is 7. The third-order valence-corrected chi connectivity index (χ3v) is 5.98. The van der Waals surface area contributed by atoms with E-state index in [4.69, 9.17) is 9.47 Å². The molecule has 0 unspecified atom stereocenters. The molecule has 0 spiro atoms. The fourth-order valence-corrected chi connectivity index (χ4v) is 4.13. The first kappa shape index (κ1) is 21.4. The molecule has 3 fully saturated rings. The quantitative estimate of drug-likeness (QED) is 0.601. The highest BCUT2D eigenvalue weighted by Gasteiger charge is 2.11. The van der Waals surface area contributed by atoms with Crippen LogP contribution in [0.5, 0.6) is 0 Å². The summed E-state index contributed by atoms with van der Waals surface area (Å²) in [5, 5.41) is 0. The molecule has 0 N–H and O–H groups in total. The van der Waals surface area contributed by atoms with Gasteiger partial charge in [0.1, 0.15) is 0 Å². The molecule has 2 bridgehead atoms. The van der Waals surface area contributed by atoms with Gasteiger partial charge in [-0.25, -0.2) is 0 Å². The Kier molecular flexibility index (Phi) is 11.4. The van der Waals surface area contributed by atoms with Crippen LogP contribution in [0.15, 0.2) is 0 Å². The van der Waals surface area contributed by atoms with Gasteiger partial charge in [0, 0.05) is 77.0 Å². The molecular weight excluding hydrogens is 336 g/mol. The van der Waals surface area contributed by atoms with Crippen LogP contribution in [0.25, 0.3) is 0 Å². The van der Waals surface area contributed by atoms with Gasteiger partial charge in [0.2, 0.25) is 0 Å². The van der Waals surface area contributed by atoms with Gasteiger partial charge in [-0.05, 0) is 14.1 Å². The van der Waals surface area contributed by atoms with Gasteiger partial charge in [0.15, 0.2) is 0 Å². The summed E-state index contributed by atoms with van der Waals surface area (Å²) in [6, 6.07) is 0. The Morgan fingerprint density at radius 3 is 1.32 bits per heavy atom. The largest absolute Gasteiger partial charge is 0.379 e. The predicted molar refractivity (Wildman–Crippen MR) is 107 cm³/mol. The van der Waals surface area contributed by atoms with E-state index in [1.807, 2.05) is 0 Å². The smallest absolute Gasteiger partial charge is 0.0594 e. The van der Waals surface area contributed by atoms with Gasteiger partial charge < -0.3 is 19.3 Å². The summed E-state index contributed by atoms with van der Waals surface area (Å²) >= 11 is 2.08. The van der Waals surface area contributed by atoms with Crippen LogP contribution in [0.1, 0.15) is 0 Å². The van der Waals surface area contributed by atoms with Crippen molar-refractivity contribution in [1.29, 1.82) is 0 Å². The van der Waals surface area contributed by atoms with Crippen LogP contribution >= 0.6 is 11.8 Å². The van der Waals surface area contributed by atoms with Gasteiger partial charge in [-0.3, -0.25) is 9.80 Å². The maximum absolute atomic E-state index is 5.91. The van der Waals surface area contributed by atoms with Gasteiger partial charge in [-0.1, -0.05) is 0 Å². The highest BCUT2D eigenvalue weighted by atomic mass is 32.2.